The Labute approximate surface area is 154 Å². The molecule has 0 radical (unpaired) electrons. The van der Waals surface area contributed by atoms with Gasteiger partial charge in [-0.2, -0.15) is 0 Å². The van der Waals surface area contributed by atoms with E-state index in [1.54, 1.807) is 0 Å². The normalized spacial score (nSPS) is 12.2. The summed E-state index contributed by atoms with van der Waals surface area (Å²) in [5, 5.41) is 4.89. The Morgan fingerprint density at radius 2 is 1.82 bits per heavy atom. The van der Waals surface area contributed by atoms with Crippen molar-refractivity contribution in [1.29, 1.82) is 0 Å². The van der Waals surface area contributed by atoms with Crippen LogP contribution in [0.25, 0.3) is 16.9 Å². The molecule has 0 fully saturated rings. The Kier molecular flexibility index (Phi) is 4.77. The van der Waals surface area contributed by atoms with Crippen molar-refractivity contribution in [2.24, 2.45) is 5.14 Å². The fourth-order valence-electron chi connectivity index (χ4n) is 2.46. The first-order valence-corrected chi connectivity index (χ1v) is 8.90. The first-order valence-electron chi connectivity index (χ1n) is 7.35. The van der Waals surface area contributed by atoms with Gasteiger partial charge in [-0.05, 0) is 24.3 Å². The van der Waals surface area contributed by atoms with E-state index in [4.69, 9.17) is 9.56 Å². The number of hydrogen-bond acceptors (Lipinski definition) is 5. The van der Waals surface area contributed by atoms with Crippen LogP contribution in [-0.2, 0) is 10.0 Å². The van der Waals surface area contributed by atoms with Gasteiger partial charge in [-0.15, -0.1) is 13.2 Å². The molecule has 2 N–H and O–H groups in total. The molecule has 3 rings (SSSR count). The van der Waals surface area contributed by atoms with Crippen molar-refractivity contribution in [2.75, 3.05) is 0 Å². The number of halogens is 4. The Hall–Kier alpha value is -3.12. The molecule has 148 valence electrons. The zero-order valence-electron chi connectivity index (χ0n) is 13.6. The predicted octanol–water partition coefficient (Wildman–Crippen LogP) is 2.78. The number of nitrogens with zero attached hydrogens (tertiary/aromatic N) is 1. The molecule has 3 aromatic rings. The summed E-state index contributed by atoms with van der Waals surface area (Å²) in [7, 11) is -4.30. The van der Waals surface area contributed by atoms with E-state index in [0.29, 0.717) is 0 Å². The van der Waals surface area contributed by atoms with E-state index in [-0.39, 0.29) is 16.9 Å². The lowest BCUT2D eigenvalue weighted by molar-refractivity contribution is -0.274. The SMILES string of the molecule is NS(=O)(=O)c1ccc(-c2coc(=O)n2-c2cccc(OC(F)(F)F)c2)cc1F. The number of hydrogen-bond donors (Lipinski definition) is 1. The molecule has 7 nitrogen and oxygen atoms in total. The van der Waals surface area contributed by atoms with Gasteiger partial charge in [-0.3, -0.25) is 0 Å². The molecule has 0 unspecified atom stereocenters. The maximum atomic E-state index is 14.1. The second kappa shape index (κ2) is 6.80. The molecule has 0 amide bonds. The van der Waals surface area contributed by atoms with Crippen molar-refractivity contribution >= 4 is 10.0 Å². The highest BCUT2D eigenvalue weighted by Crippen LogP contribution is 2.28. The highest BCUT2D eigenvalue weighted by atomic mass is 32.2. The van der Waals surface area contributed by atoms with Crippen LogP contribution >= 0.6 is 0 Å². The lowest BCUT2D eigenvalue weighted by Crippen LogP contribution is -2.18. The Morgan fingerprint density at radius 1 is 1.11 bits per heavy atom. The quantitative estimate of drug-likeness (QED) is 0.656. The molecule has 1 aromatic heterocycles. The van der Waals surface area contributed by atoms with Gasteiger partial charge >= 0.3 is 12.1 Å². The molecule has 2 aromatic carbocycles. The van der Waals surface area contributed by atoms with Crippen LogP contribution in [0.2, 0.25) is 0 Å². The molecule has 0 aliphatic rings. The third-order valence-corrected chi connectivity index (χ3v) is 4.48. The predicted molar refractivity (Wildman–Crippen MR) is 87.8 cm³/mol. The van der Waals surface area contributed by atoms with Crippen LogP contribution in [0.3, 0.4) is 0 Å². The standard InChI is InChI=1S/C16H10F4N2O5S/c17-12-6-9(4-5-14(12)28(21,24)25)13-8-26-15(23)22(13)10-2-1-3-11(7-10)27-16(18,19)20/h1-8H,(H2,21,24,25). The molecular formula is C16H10F4N2O5S. The van der Waals surface area contributed by atoms with Gasteiger partial charge in [0.05, 0.1) is 11.4 Å². The topological polar surface area (TPSA) is 105 Å². The molecule has 28 heavy (non-hydrogen) atoms. The molecule has 0 spiro atoms. The van der Waals surface area contributed by atoms with Crippen molar-refractivity contribution < 1.29 is 35.1 Å². The van der Waals surface area contributed by atoms with Crippen LogP contribution in [0.1, 0.15) is 0 Å². The average Bonchev–Trinajstić information content (AvgIpc) is 2.94. The molecule has 0 bridgehead atoms. The number of alkyl halides is 3. The molecule has 0 aliphatic carbocycles. The molecular weight excluding hydrogens is 408 g/mol. The summed E-state index contributed by atoms with van der Waals surface area (Å²) in [4.78, 5) is 11.3. The zero-order valence-corrected chi connectivity index (χ0v) is 14.4. The van der Waals surface area contributed by atoms with Gasteiger partial charge in [0.1, 0.15) is 22.7 Å². The molecule has 0 saturated heterocycles. The third kappa shape index (κ3) is 4.07. The maximum absolute atomic E-state index is 14.1. The van der Waals surface area contributed by atoms with Crippen molar-refractivity contribution in [1.82, 2.24) is 4.57 Å². The van der Waals surface area contributed by atoms with E-state index in [1.807, 2.05) is 0 Å². The van der Waals surface area contributed by atoms with E-state index >= 15 is 0 Å². The fraction of sp³-hybridized carbons (Fsp3) is 0.0625. The summed E-state index contributed by atoms with van der Waals surface area (Å²) in [5.74, 6) is -2.72. The summed E-state index contributed by atoms with van der Waals surface area (Å²) < 4.78 is 83.4. The van der Waals surface area contributed by atoms with Gasteiger partial charge in [0.2, 0.25) is 10.0 Å². The molecule has 0 atom stereocenters. The van der Waals surface area contributed by atoms with Crippen molar-refractivity contribution in [3.05, 3.63) is 65.1 Å². The number of oxazole rings is 1. The lowest BCUT2D eigenvalue weighted by Gasteiger charge is -2.11. The van der Waals surface area contributed by atoms with E-state index in [1.165, 1.54) is 18.2 Å². The van der Waals surface area contributed by atoms with Crippen molar-refractivity contribution in [3.8, 4) is 22.7 Å². The van der Waals surface area contributed by atoms with Crippen LogP contribution in [0.15, 0.2) is 62.8 Å². The number of aromatic nitrogens is 1. The fourth-order valence-corrected chi connectivity index (χ4v) is 3.05. The van der Waals surface area contributed by atoms with E-state index in [9.17, 15) is 30.8 Å². The minimum atomic E-state index is -4.94. The highest BCUT2D eigenvalue weighted by molar-refractivity contribution is 7.89. The van der Waals surface area contributed by atoms with Gasteiger partial charge < -0.3 is 9.15 Å². The van der Waals surface area contributed by atoms with Crippen LogP contribution in [0.5, 0.6) is 5.75 Å². The summed E-state index contributed by atoms with van der Waals surface area (Å²) in [6, 6.07) is 7.34. The molecule has 1 heterocycles. The largest absolute Gasteiger partial charge is 0.573 e. The maximum Gasteiger partial charge on any atom is 0.573 e. The number of benzene rings is 2. The number of sulfonamides is 1. The van der Waals surface area contributed by atoms with E-state index < -0.39 is 38.6 Å². The minimum Gasteiger partial charge on any atom is -0.415 e. The lowest BCUT2D eigenvalue weighted by atomic mass is 10.1. The Balaban J connectivity index is 2.11. The van der Waals surface area contributed by atoms with Gasteiger partial charge in [0, 0.05) is 11.6 Å². The highest BCUT2D eigenvalue weighted by Gasteiger charge is 2.31. The van der Waals surface area contributed by atoms with Gasteiger partial charge in [0.25, 0.3) is 0 Å². The average molecular weight is 418 g/mol. The summed E-state index contributed by atoms with van der Waals surface area (Å²) in [5.41, 5.74) is -0.0571. The summed E-state index contributed by atoms with van der Waals surface area (Å²) in [6.45, 7) is 0. The van der Waals surface area contributed by atoms with Crippen molar-refractivity contribution in [3.63, 3.8) is 0 Å². The first-order chi connectivity index (χ1) is 13.0. The van der Waals surface area contributed by atoms with Crippen LogP contribution < -0.4 is 15.6 Å². The van der Waals surface area contributed by atoms with Gasteiger partial charge in [-0.1, -0.05) is 12.1 Å². The smallest absolute Gasteiger partial charge is 0.415 e. The second-order valence-corrected chi connectivity index (χ2v) is 6.99. The van der Waals surface area contributed by atoms with Crippen LogP contribution in [-0.4, -0.2) is 19.3 Å². The summed E-state index contributed by atoms with van der Waals surface area (Å²) >= 11 is 0. The Bertz CT molecular complexity index is 1200. The van der Waals surface area contributed by atoms with Gasteiger partial charge in [-0.25, -0.2) is 27.3 Å². The monoisotopic (exact) mass is 418 g/mol. The second-order valence-electron chi connectivity index (χ2n) is 5.46. The third-order valence-electron chi connectivity index (χ3n) is 3.54. The summed E-state index contributed by atoms with van der Waals surface area (Å²) in [6.07, 6.45) is -3.99. The van der Waals surface area contributed by atoms with E-state index in [0.717, 1.165) is 35.1 Å². The number of ether oxygens (including phenoxy) is 1. The zero-order chi connectivity index (χ0) is 20.7. The number of nitrogens with two attached hydrogens (primary N) is 1. The van der Waals surface area contributed by atoms with E-state index in [2.05, 4.69) is 4.74 Å². The Morgan fingerprint density at radius 3 is 2.43 bits per heavy atom. The molecule has 12 heteroatoms. The number of primary sulfonamides is 1. The first kappa shape index (κ1) is 19.6. The minimum absolute atomic E-state index is 0.0258. The molecule has 0 aliphatic heterocycles. The van der Waals surface area contributed by atoms with Crippen LogP contribution in [0, 0.1) is 5.82 Å². The van der Waals surface area contributed by atoms with Gasteiger partial charge in [0.15, 0.2) is 0 Å². The number of rotatable bonds is 4. The van der Waals surface area contributed by atoms with Crippen LogP contribution in [0.4, 0.5) is 17.6 Å². The van der Waals surface area contributed by atoms with Crippen molar-refractivity contribution in [2.45, 2.75) is 11.3 Å². The molecule has 0 saturated carbocycles.